The minimum Gasteiger partial charge on any atom is -0.286 e. The molecule has 0 atom stereocenters. The van der Waals surface area contributed by atoms with E-state index in [1.165, 1.54) is 6.07 Å². The average molecular weight is 233 g/mol. The smallest absolute Gasteiger partial charge is 0.220 e. The second-order valence-electron chi connectivity index (χ2n) is 3.47. The van der Waals surface area contributed by atoms with Crippen molar-refractivity contribution in [3.8, 4) is 0 Å². The van der Waals surface area contributed by atoms with Gasteiger partial charge >= 0.3 is 0 Å². The molecule has 0 aliphatic heterocycles. The first-order valence-corrected chi connectivity index (χ1v) is 5.73. The van der Waals surface area contributed by atoms with E-state index in [0.717, 1.165) is 10.8 Å². The summed E-state index contributed by atoms with van der Waals surface area (Å²) in [6.45, 7) is 4.27. The van der Waals surface area contributed by atoms with E-state index in [2.05, 4.69) is 18.9 Å². The molecule has 0 saturated carbocycles. The molecule has 3 nitrogen and oxygen atoms in total. The normalized spacial score (nSPS) is 10.9. The lowest BCUT2D eigenvalue weighted by atomic mass is 10.3. The maximum absolute atomic E-state index is 11.2. The molecule has 1 aromatic heterocycles. The molecule has 1 aromatic rings. The average Bonchev–Trinajstić information content (AvgIpc) is 2.09. The summed E-state index contributed by atoms with van der Waals surface area (Å²) in [5.74, 6) is 1.56. The SMILES string of the molecule is CC(C)CSc1cc(=O)c(Cl)nn1C. The molecule has 0 aromatic carbocycles. The maximum Gasteiger partial charge on any atom is 0.220 e. The van der Waals surface area contributed by atoms with Crippen LogP contribution in [0.15, 0.2) is 15.9 Å². The third kappa shape index (κ3) is 3.03. The van der Waals surface area contributed by atoms with Crippen molar-refractivity contribution in [3.63, 3.8) is 0 Å². The summed E-state index contributed by atoms with van der Waals surface area (Å²) in [7, 11) is 1.79. The van der Waals surface area contributed by atoms with Crippen LogP contribution in [-0.2, 0) is 7.05 Å². The number of aromatic nitrogens is 2. The fourth-order valence-electron chi connectivity index (χ4n) is 0.883. The number of halogens is 1. The number of aryl methyl sites for hydroxylation is 1. The standard InChI is InChI=1S/C9H13ClN2OS/c1-6(2)5-14-8-4-7(13)9(10)11-12(8)3/h4,6H,5H2,1-3H3. The summed E-state index contributed by atoms with van der Waals surface area (Å²) in [5.41, 5.74) is -0.212. The zero-order valence-electron chi connectivity index (χ0n) is 8.45. The predicted octanol–water partition coefficient (Wildman–Crippen LogP) is 2.18. The zero-order valence-corrected chi connectivity index (χ0v) is 10.0. The van der Waals surface area contributed by atoms with E-state index in [9.17, 15) is 4.79 Å². The molecule has 0 spiro atoms. The van der Waals surface area contributed by atoms with E-state index in [0.29, 0.717) is 5.92 Å². The topological polar surface area (TPSA) is 34.9 Å². The largest absolute Gasteiger partial charge is 0.286 e. The van der Waals surface area contributed by atoms with E-state index in [1.807, 2.05) is 0 Å². The molecule has 1 heterocycles. The Balaban J connectivity index is 2.87. The van der Waals surface area contributed by atoms with Crippen molar-refractivity contribution in [3.05, 3.63) is 21.4 Å². The van der Waals surface area contributed by atoms with Gasteiger partial charge in [-0.3, -0.25) is 9.48 Å². The molecule has 0 saturated heterocycles. The summed E-state index contributed by atoms with van der Waals surface area (Å²) in [4.78, 5) is 11.2. The summed E-state index contributed by atoms with van der Waals surface area (Å²) >= 11 is 7.21. The first kappa shape index (κ1) is 11.6. The van der Waals surface area contributed by atoms with Gasteiger partial charge in [0.1, 0.15) is 0 Å². The number of nitrogens with zero attached hydrogens (tertiary/aromatic N) is 2. The van der Waals surface area contributed by atoms with Gasteiger partial charge in [0, 0.05) is 18.9 Å². The van der Waals surface area contributed by atoms with Crippen LogP contribution in [0.25, 0.3) is 0 Å². The first-order valence-electron chi connectivity index (χ1n) is 4.37. The van der Waals surface area contributed by atoms with Crippen molar-refractivity contribution in [1.29, 1.82) is 0 Å². The quantitative estimate of drug-likeness (QED) is 0.750. The van der Waals surface area contributed by atoms with E-state index < -0.39 is 0 Å². The van der Waals surface area contributed by atoms with E-state index in [1.54, 1.807) is 23.5 Å². The molecule has 0 fully saturated rings. The van der Waals surface area contributed by atoms with Gasteiger partial charge in [-0.05, 0) is 5.92 Å². The zero-order chi connectivity index (χ0) is 10.7. The van der Waals surface area contributed by atoms with Gasteiger partial charge in [-0.2, -0.15) is 5.10 Å². The highest BCUT2D eigenvalue weighted by molar-refractivity contribution is 7.99. The van der Waals surface area contributed by atoms with Crippen LogP contribution in [-0.4, -0.2) is 15.5 Å². The van der Waals surface area contributed by atoms with Crippen LogP contribution in [0.4, 0.5) is 0 Å². The third-order valence-corrected chi connectivity index (χ3v) is 3.35. The van der Waals surface area contributed by atoms with Crippen LogP contribution in [0.5, 0.6) is 0 Å². The Kier molecular flexibility index (Phi) is 4.01. The van der Waals surface area contributed by atoms with Crippen LogP contribution in [0, 0.1) is 5.92 Å². The van der Waals surface area contributed by atoms with E-state index in [-0.39, 0.29) is 10.6 Å². The van der Waals surface area contributed by atoms with Crippen molar-refractivity contribution in [1.82, 2.24) is 9.78 Å². The molecular formula is C9H13ClN2OS. The Hall–Kier alpha value is -0.480. The van der Waals surface area contributed by atoms with Gasteiger partial charge < -0.3 is 0 Å². The molecule has 1 rings (SSSR count). The van der Waals surface area contributed by atoms with Gasteiger partial charge in [0.25, 0.3) is 0 Å². The molecule has 0 bridgehead atoms. The number of rotatable bonds is 3. The van der Waals surface area contributed by atoms with Gasteiger partial charge in [-0.15, -0.1) is 11.8 Å². The Bertz CT molecular complexity index is 376. The van der Waals surface area contributed by atoms with Gasteiger partial charge in [0.15, 0.2) is 5.15 Å². The molecule has 0 amide bonds. The van der Waals surface area contributed by atoms with Crippen LogP contribution in [0.1, 0.15) is 13.8 Å². The minimum atomic E-state index is -0.212. The summed E-state index contributed by atoms with van der Waals surface area (Å²) < 4.78 is 1.64. The maximum atomic E-state index is 11.2. The number of hydrogen-bond donors (Lipinski definition) is 0. The second-order valence-corrected chi connectivity index (χ2v) is 4.86. The van der Waals surface area contributed by atoms with Crippen LogP contribution in [0.3, 0.4) is 0 Å². The molecular weight excluding hydrogens is 220 g/mol. The second kappa shape index (κ2) is 4.84. The third-order valence-electron chi connectivity index (χ3n) is 1.58. The van der Waals surface area contributed by atoms with Gasteiger partial charge in [0.05, 0.1) is 5.03 Å². The number of hydrogen-bond acceptors (Lipinski definition) is 3. The van der Waals surface area contributed by atoms with E-state index in [4.69, 9.17) is 11.6 Å². The molecule has 0 unspecified atom stereocenters. The molecule has 78 valence electrons. The molecule has 14 heavy (non-hydrogen) atoms. The highest BCUT2D eigenvalue weighted by Gasteiger charge is 2.05. The minimum absolute atomic E-state index is 0.0291. The molecule has 0 aliphatic rings. The van der Waals surface area contributed by atoms with Gasteiger partial charge in [0.2, 0.25) is 5.43 Å². The van der Waals surface area contributed by atoms with Crippen LogP contribution < -0.4 is 5.43 Å². The van der Waals surface area contributed by atoms with Crippen LogP contribution >= 0.6 is 23.4 Å². The van der Waals surface area contributed by atoms with Crippen molar-refractivity contribution in [2.75, 3.05) is 5.75 Å². The Morgan fingerprint density at radius 1 is 1.64 bits per heavy atom. The fourth-order valence-corrected chi connectivity index (χ4v) is 1.97. The fraction of sp³-hybridized carbons (Fsp3) is 0.556. The lowest BCUT2D eigenvalue weighted by molar-refractivity contribution is 0.656. The Labute approximate surface area is 92.5 Å². The Morgan fingerprint density at radius 2 is 2.29 bits per heavy atom. The summed E-state index contributed by atoms with van der Waals surface area (Å²) in [5, 5.41) is 4.78. The summed E-state index contributed by atoms with van der Waals surface area (Å²) in [6.07, 6.45) is 0. The molecule has 0 N–H and O–H groups in total. The first-order chi connectivity index (χ1) is 6.50. The van der Waals surface area contributed by atoms with Crippen molar-refractivity contribution < 1.29 is 0 Å². The molecule has 5 heteroatoms. The lowest BCUT2D eigenvalue weighted by Crippen LogP contribution is -2.12. The summed E-state index contributed by atoms with van der Waals surface area (Å²) in [6, 6.07) is 1.53. The van der Waals surface area contributed by atoms with Crippen molar-refractivity contribution in [2.24, 2.45) is 13.0 Å². The lowest BCUT2D eigenvalue weighted by Gasteiger charge is -2.08. The van der Waals surface area contributed by atoms with Crippen molar-refractivity contribution >= 4 is 23.4 Å². The monoisotopic (exact) mass is 232 g/mol. The van der Waals surface area contributed by atoms with Crippen molar-refractivity contribution in [2.45, 2.75) is 18.9 Å². The number of thioether (sulfide) groups is 1. The van der Waals surface area contributed by atoms with Gasteiger partial charge in [-0.25, -0.2) is 0 Å². The van der Waals surface area contributed by atoms with E-state index >= 15 is 0 Å². The highest BCUT2D eigenvalue weighted by Crippen LogP contribution is 2.18. The van der Waals surface area contributed by atoms with Gasteiger partial charge in [-0.1, -0.05) is 25.4 Å². The molecule has 0 radical (unpaired) electrons. The predicted molar refractivity (Wildman–Crippen MR) is 60.1 cm³/mol. The van der Waals surface area contributed by atoms with Crippen LogP contribution in [0.2, 0.25) is 5.15 Å². The Morgan fingerprint density at radius 3 is 2.86 bits per heavy atom. The molecule has 0 aliphatic carbocycles. The highest BCUT2D eigenvalue weighted by atomic mass is 35.5.